The zero-order valence-electron chi connectivity index (χ0n) is 15.8. The SMILES string of the molecule is Cc1nc(-c2ccc(S(=O)(=O)N3CCC(COc4ccc(F)cn4)C3)cc2)co1. The van der Waals surface area contributed by atoms with E-state index in [1.807, 2.05) is 0 Å². The molecule has 0 N–H and O–H groups in total. The number of pyridine rings is 1. The van der Waals surface area contributed by atoms with Crippen molar-refractivity contribution in [3.63, 3.8) is 0 Å². The van der Waals surface area contributed by atoms with Crippen molar-refractivity contribution in [1.29, 1.82) is 0 Å². The summed E-state index contributed by atoms with van der Waals surface area (Å²) in [5, 5.41) is 0. The molecule has 1 aromatic carbocycles. The summed E-state index contributed by atoms with van der Waals surface area (Å²) in [5.41, 5.74) is 1.46. The Balaban J connectivity index is 1.39. The fraction of sp³-hybridized carbons (Fsp3) is 0.300. The van der Waals surface area contributed by atoms with Gasteiger partial charge in [-0.1, -0.05) is 12.1 Å². The number of aryl methyl sites for hydroxylation is 1. The summed E-state index contributed by atoms with van der Waals surface area (Å²) in [6.45, 7) is 2.88. The minimum Gasteiger partial charge on any atom is -0.477 e. The average molecular weight is 417 g/mol. The summed E-state index contributed by atoms with van der Waals surface area (Å²) in [7, 11) is -3.59. The van der Waals surface area contributed by atoms with Crippen LogP contribution in [0.4, 0.5) is 4.39 Å². The molecule has 0 saturated carbocycles. The van der Waals surface area contributed by atoms with Crippen molar-refractivity contribution in [1.82, 2.24) is 14.3 Å². The zero-order valence-corrected chi connectivity index (χ0v) is 16.6. The highest BCUT2D eigenvalue weighted by Gasteiger charge is 2.33. The number of sulfonamides is 1. The number of benzene rings is 1. The molecule has 9 heteroatoms. The molecule has 3 heterocycles. The number of halogens is 1. The number of hydrogen-bond donors (Lipinski definition) is 0. The Hall–Kier alpha value is -2.78. The van der Waals surface area contributed by atoms with Crippen molar-refractivity contribution in [2.75, 3.05) is 19.7 Å². The van der Waals surface area contributed by atoms with Crippen molar-refractivity contribution in [2.45, 2.75) is 18.2 Å². The second kappa shape index (κ2) is 7.92. The van der Waals surface area contributed by atoms with Crippen LogP contribution in [0.15, 0.2) is 58.2 Å². The Labute approximate surface area is 168 Å². The number of nitrogens with zero attached hydrogens (tertiary/aromatic N) is 3. The number of aromatic nitrogens is 2. The normalized spacial score (nSPS) is 17.5. The van der Waals surface area contributed by atoms with Gasteiger partial charge in [-0.15, -0.1) is 0 Å². The number of ether oxygens (including phenoxy) is 1. The lowest BCUT2D eigenvalue weighted by atomic mass is 10.1. The molecule has 4 rings (SSSR count). The van der Waals surface area contributed by atoms with Crippen molar-refractivity contribution in [3.05, 3.63) is 60.6 Å². The molecule has 152 valence electrons. The molecule has 0 radical (unpaired) electrons. The highest BCUT2D eigenvalue weighted by atomic mass is 32.2. The smallest absolute Gasteiger partial charge is 0.243 e. The Morgan fingerprint density at radius 2 is 2.03 bits per heavy atom. The minimum atomic E-state index is -3.59. The molecule has 29 heavy (non-hydrogen) atoms. The van der Waals surface area contributed by atoms with E-state index in [9.17, 15) is 12.8 Å². The molecular formula is C20H20FN3O4S. The van der Waals surface area contributed by atoms with E-state index in [1.165, 1.54) is 16.4 Å². The van der Waals surface area contributed by atoms with Gasteiger partial charge in [0.1, 0.15) is 17.8 Å². The third-order valence-electron chi connectivity index (χ3n) is 4.82. The first-order chi connectivity index (χ1) is 13.9. The molecule has 7 nitrogen and oxygen atoms in total. The molecule has 1 unspecified atom stereocenters. The van der Waals surface area contributed by atoms with Crippen molar-refractivity contribution < 1.29 is 22.0 Å². The van der Waals surface area contributed by atoms with Crippen LogP contribution < -0.4 is 4.74 Å². The first-order valence-electron chi connectivity index (χ1n) is 9.19. The summed E-state index contributed by atoms with van der Waals surface area (Å²) >= 11 is 0. The third-order valence-corrected chi connectivity index (χ3v) is 6.70. The van der Waals surface area contributed by atoms with Gasteiger partial charge in [-0.3, -0.25) is 0 Å². The second-order valence-electron chi connectivity index (χ2n) is 6.92. The van der Waals surface area contributed by atoms with Crippen LogP contribution in [0.2, 0.25) is 0 Å². The fourth-order valence-corrected chi connectivity index (χ4v) is 4.78. The van der Waals surface area contributed by atoms with E-state index >= 15 is 0 Å². The monoisotopic (exact) mass is 417 g/mol. The Bertz CT molecular complexity index is 1080. The molecule has 1 aliphatic heterocycles. The molecule has 2 aromatic heterocycles. The van der Waals surface area contributed by atoms with Crippen molar-refractivity contribution in [3.8, 4) is 17.1 Å². The van der Waals surface area contributed by atoms with Gasteiger partial charge in [-0.2, -0.15) is 4.31 Å². The maximum absolute atomic E-state index is 12.9. The molecule has 0 aliphatic carbocycles. The van der Waals surface area contributed by atoms with Crippen LogP contribution in [-0.2, 0) is 10.0 Å². The Morgan fingerprint density at radius 3 is 2.69 bits per heavy atom. The van der Waals surface area contributed by atoms with Gasteiger partial charge in [-0.25, -0.2) is 22.8 Å². The van der Waals surface area contributed by atoms with Gasteiger partial charge in [0.2, 0.25) is 15.9 Å². The molecule has 1 saturated heterocycles. The van der Waals surface area contributed by atoms with Crippen LogP contribution in [0.5, 0.6) is 5.88 Å². The molecule has 0 amide bonds. The number of oxazole rings is 1. The summed E-state index contributed by atoms with van der Waals surface area (Å²) in [6, 6.07) is 9.35. The average Bonchev–Trinajstić information content (AvgIpc) is 3.37. The van der Waals surface area contributed by atoms with E-state index in [1.54, 1.807) is 37.5 Å². The first-order valence-corrected chi connectivity index (χ1v) is 10.6. The lowest BCUT2D eigenvalue weighted by Crippen LogP contribution is -2.29. The molecular weight excluding hydrogens is 397 g/mol. The number of rotatable bonds is 6. The largest absolute Gasteiger partial charge is 0.477 e. The predicted molar refractivity (Wildman–Crippen MR) is 103 cm³/mol. The topological polar surface area (TPSA) is 85.5 Å². The molecule has 1 fully saturated rings. The number of hydrogen-bond acceptors (Lipinski definition) is 6. The molecule has 0 spiro atoms. The minimum absolute atomic E-state index is 0.0500. The van der Waals surface area contributed by atoms with Crippen molar-refractivity contribution >= 4 is 10.0 Å². The predicted octanol–water partition coefficient (Wildman–Crippen LogP) is 3.27. The van der Waals surface area contributed by atoms with E-state index in [2.05, 4.69) is 9.97 Å². The second-order valence-corrected chi connectivity index (χ2v) is 8.86. The van der Waals surface area contributed by atoms with Crippen LogP contribution in [0.25, 0.3) is 11.3 Å². The molecule has 1 atom stereocenters. The van der Waals surface area contributed by atoms with Crippen LogP contribution in [-0.4, -0.2) is 42.4 Å². The van der Waals surface area contributed by atoms with E-state index in [0.717, 1.165) is 11.8 Å². The quantitative estimate of drug-likeness (QED) is 0.612. The van der Waals surface area contributed by atoms with Gasteiger partial charge in [0.05, 0.1) is 17.7 Å². The first kappa shape index (κ1) is 19.5. The van der Waals surface area contributed by atoms with Crippen LogP contribution >= 0.6 is 0 Å². The van der Waals surface area contributed by atoms with Gasteiger partial charge in [0, 0.05) is 37.6 Å². The highest BCUT2D eigenvalue weighted by molar-refractivity contribution is 7.89. The van der Waals surface area contributed by atoms with Crippen LogP contribution in [0.3, 0.4) is 0 Å². The van der Waals surface area contributed by atoms with Gasteiger partial charge in [0.15, 0.2) is 5.89 Å². The third kappa shape index (κ3) is 4.30. The molecule has 0 bridgehead atoms. The van der Waals surface area contributed by atoms with E-state index in [4.69, 9.17) is 9.15 Å². The Morgan fingerprint density at radius 1 is 1.24 bits per heavy atom. The van der Waals surface area contributed by atoms with Gasteiger partial charge < -0.3 is 9.15 Å². The summed E-state index contributed by atoms with van der Waals surface area (Å²) in [4.78, 5) is 8.33. The zero-order chi connectivity index (χ0) is 20.4. The van der Waals surface area contributed by atoms with Gasteiger partial charge in [0.25, 0.3) is 0 Å². The fourth-order valence-electron chi connectivity index (χ4n) is 3.25. The molecule has 3 aromatic rings. The maximum atomic E-state index is 12.9. The molecule has 1 aliphatic rings. The summed E-state index contributed by atoms with van der Waals surface area (Å²) in [5.74, 6) is 0.499. The van der Waals surface area contributed by atoms with E-state index < -0.39 is 15.8 Å². The highest BCUT2D eigenvalue weighted by Crippen LogP contribution is 2.27. The lowest BCUT2D eigenvalue weighted by Gasteiger charge is -2.17. The van der Waals surface area contributed by atoms with E-state index in [-0.39, 0.29) is 10.8 Å². The van der Waals surface area contributed by atoms with E-state index in [0.29, 0.717) is 43.6 Å². The van der Waals surface area contributed by atoms with Gasteiger partial charge in [-0.05, 0) is 24.6 Å². The maximum Gasteiger partial charge on any atom is 0.243 e. The van der Waals surface area contributed by atoms with Crippen molar-refractivity contribution in [2.24, 2.45) is 5.92 Å². The summed E-state index contributed by atoms with van der Waals surface area (Å²) in [6.07, 6.45) is 3.32. The van der Waals surface area contributed by atoms with Crippen LogP contribution in [0.1, 0.15) is 12.3 Å². The standard InChI is InChI=1S/C20H20FN3O4S/c1-14-23-19(13-27-14)16-2-5-18(6-3-16)29(25,26)24-9-8-15(11-24)12-28-20-7-4-17(21)10-22-20/h2-7,10,13,15H,8-9,11-12H2,1H3. The van der Waals surface area contributed by atoms with Gasteiger partial charge >= 0.3 is 0 Å². The lowest BCUT2D eigenvalue weighted by molar-refractivity contribution is 0.246. The van der Waals surface area contributed by atoms with Crippen LogP contribution in [0, 0.1) is 18.7 Å². The summed E-state index contributed by atoms with van der Waals surface area (Å²) < 4.78 is 51.0. The Kier molecular flexibility index (Phi) is 5.33.